The van der Waals surface area contributed by atoms with Crippen molar-refractivity contribution in [3.63, 3.8) is 0 Å². The molecule has 7 heteroatoms. The monoisotopic (exact) mass is 279 g/mol. The molecule has 6 nitrogen and oxygen atoms in total. The van der Waals surface area contributed by atoms with E-state index in [1.54, 1.807) is 11.6 Å². The minimum absolute atomic E-state index is 0.140. The van der Waals surface area contributed by atoms with E-state index in [9.17, 15) is 4.79 Å². The molecule has 102 valence electrons. The number of carbonyl (C=O) groups excluding carboxylic acids is 1. The van der Waals surface area contributed by atoms with E-state index in [2.05, 4.69) is 15.3 Å². The molecule has 0 bridgehead atoms. The fourth-order valence-electron chi connectivity index (χ4n) is 1.62. The topological polar surface area (TPSA) is 85.8 Å². The van der Waals surface area contributed by atoms with Crippen molar-refractivity contribution in [2.45, 2.75) is 19.4 Å². The molecule has 0 aliphatic heterocycles. The predicted molar refractivity (Wildman–Crippen MR) is 74.0 cm³/mol. The highest BCUT2D eigenvalue weighted by Crippen LogP contribution is 2.15. The average Bonchev–Trinajstić information content (AvgIpc) is 2.98. The van der Waals surface area contributed by atoms with Crippen molar-refractivity contribution >= 4 is 17.2 Å². The largest absolute Gasteiger partial charge is 0.350 e. The highest BCUT2D eigenvalue weighted by atomic mass is 32.1. The number of nitrogens with two attached hydrogens (primary N) is 1. The average molecular weight is 279 g/mol. The summed E-state index contributed by atoms with van der Waals surface area (Å²) in [6.45, 7) is 2.39. The van der Waals surface area contributed by atoms with Crippen LogP contribution in [-0.2, 0) is 13.5 Å². The molecular formula is C12H17N5OS. The van der Waals surface area contributed by atoms with Gasteiger partial charge in [0.05, 0.1) is 6.04 Å². The molecule has 0 radical (unpaired) electrons. The second-order valence-electron chi connectivity index (χ2n) is 4.32. The maximum atomic E-state index is 11.9. The Balaban J connectivity index is 1.85. The van der Waals surface area contributed by atoms with Crippen molar-refractivity contribution < 1.29 is 4.79 Å². The fraction of sp³-hybridized carbons (Fsp3) is 0.417. The normalized spacial score (nSPS) is 12.4. The van der Waals surface area contributed by atoms with Gasteiger partial charge in [-0.15, -0.1) is 11.3 Å². The number of hydrogen-bond donors (Lipinski definition) is 2. The first-order chi connectivity index (χ1) is 9.08. The van der Waals surface area contributed by atoms with Crippen LogP contribution in [0.1, 0.15) is 34.3 Å². The third-order valence-corrected chi connectivity index (χ3v) is 3.74. The number of aryl methyl sites for hydroxylation is 1. The first-order valence-electron chi connectivity index (χ1n) is 6.03. The van der Waals surface area contributed by atoms with E-state index in [0.717, 1.165) is 10.8 Å². The first-order valence-corrected chi connectivity index (χ1v) is 6.91. The molecule has 1 atom stereocenters. The number of rotatable bonds is 5. The van der Waals surface area contributed by atoms with Crippen molar-refractivity contribution in [2.75, 3.05) is 6.54 Å². The summed E-state index contributed by atoms with van der Waals surface area (Å²) in [5.74, 6) is 0.771. The molecule has 0 spiro atoms. The van der Waals surface area contributed by atoms with Crippen LogP contribution in [0.2, 0.25) is 0 Å². The third-order valence-electron chi connectivity index (χ3n) is 2.70. The third kappa shape index (κ3) is 3.39. The van der Waals surface area contributed by atoms with Gasteiger partial charge in [-0.1, -0.05) is 0 Å². The van der Waals surface area contributed by atoms with Crippen molar-refractivity contribution in [2.24, 2.45) is 12.8 Å². The summed E-state index contributed by atoms with van der Waals surface area (Å²) in [7, 11) is 1.93. The van der Waals surface area contributed by atoms with Crippen LogP contribution in [0.4, 0.5) is 0 Å². The molecule has 0 aliphatic rings. The van der Waals surface area contributed by atoms with E-state index in [1.165, 1.54) is 11.3 Å². The van der Waals surface area contributed by atoms with Crippen LogP contribution in [-0.4, -0.2) is 27.0 Å². The summed E-state index contributed by atoms with van der Waals surface area (Å²) in [5.41, 5.74) is 6.14. The standard InChI is InChI=1S/C12H17N5OS/c1-8(13)12-16-9(7-19-12)11(18)15-4-3-10-14-5-6-17(10)2/h5-8H,3-4,13H2,1-2H3,(H,15,18). The molecule has 2 aromatic rings. The molecule has 2 aromatic heterocycles. The van der Waals surface area contributed by atoms with E-state index >= 15 is 0 Å². The summed E-state index contributed by atoms with van der Waals surface area (Å²) in [6.07, 6.45) is 4.32. The van der Waals surface area contributed by atoms with Crippen molar-refractivity contribution in [3.8, 4) is 0 Å². The Kier molecular flexibility index (Phi) is 4.28. The highest BCUT2D eigenvalue weighted by Gasteiger charge is 2.12. The Bertz CT molecular complexity index is 560. The van der Waals surface area contributed by atoms with Crippen LogP contribution in [0.5, 0.6) is 0 Å². The number of amides is 1. The Morgan fingerprint density at radius 3 is 3.00 bits per heavy atom. The van der Waals surface area contributed by atoms with Gasteiger partial charge in [0.2, 0.25) is 0 Å². The van der Waals surface area contributed by atoms with Gasteiger partial charge in [-0.3, -0.25) is 4.79 Å². The van der Waals surface area contributed by atoms with E-state index in [-0.39, 0.29) is 11.9 Å². The fourth-order valence-corrected chi connectivity index (χ4v) is 2.37. The molecule has 2 rings (SSSR count). The maximum absolute atomic E-state index is 11.9. The Labute approximate surface area is 115 Å². The summed E-state index contributed by atoms with van der Waals surface area (Å²) in [4.78, 5) is 20.3. The van der Waals surface area contributed by atoms with Crippen LogP contribution in [0.15, 0.2) is 17.8 Å². The molecule has 1 unspecified atom stereocenters. The lowest BCUT2D eigenvalue weighted by Crippen LogP contribution is -2.26. The number of aromatic nitrogens is 3. The van der Waals surface area contributed by atoms with Crippen LogP contribution in [0.25, 0.3) is 0 Å². The van der Waals surface area contributed by atoms with Crippen LogP contribution < -0.4 is 11.1 Å². The number of nitrogens with zero attached hydrogens (tertiary/aromatic N) is 3. The molecule has 1 amide bonds. The molecule has 0 aliphatic carbocycles. The van der Waals surface area contributed by atoms with Crippen LogP contribution >= 0.6 is 11.3 Å². The lowest BCUT2D eigenvalue weighted by atomic mass is 10.3. The summed E-state index contributed by atoms with van der Waals surface area (Å²) < 4.78 is 1.93. The van der Waals surface area contributed by atoms with Gasteiger partial charge in [-0.05, 0) is 6.92 Å². The molecular weight excluding hydrogens is 262 g/mol. The second kappa shape index (κ2) is 5.94. The number of imidazole rings is 1. The molecule has 2 heterocycles. The molecule has 0 fully saturated rings. The quantitative estimate of drug-likeness (QED) is 0.850. The molecule has 3 N–H and O–H groups in total. The predicted octanol–water partition coefficient (Wildman–Crippen LogP) is 0.869. The van der Waals surface area contributed by atoms with Gasteiger partial charge in [0.1, 0.15) is 16.5 Å². The summed E-state index contributed by atoms with van der Waals surface area (Å²) >= 11 is 1.41. The van der Waals surface area contributed by atoms with Crippen molar-refractivity contribution in [1.29, 1.82) is 0 Å². The molecule has 0 saturated carbocycles. The molecule has 0 aromatic carbocycles. The van der Waals surface area contributed by atoms with Gasteiger partial charge in [-0.2, -0.15) is 0 Å². The highest BCUT2D eigenvalue weighted by molar-refractivity contribution is 7.09. The number of carbonyl (C=O) groups is 1. The molecule has 19 heavy (non-hydrogen) atoms. The van der Waals surface area contributed by atoms with Gasteiger partial charge in [0.15, 0.2) is 0 Å². The SMILES string of the molecule is CC(N)c1nc(C(=O)NCCc2nccn2C)cs1. The van der Waals surface area contributed by atoms with Crippen LogP contribution in [0, 0.1) is 0 Å². The Morgan fingerprint density at radius 1 is 1.63 bits per heavy atom. The lowest BCUT2D eigenvalue weighted by molar-refractivity contribution is 0.0949. The van der Waals surface area contributed by atoms with Gasteiger partial charge >= 0.3 is 0 Å². The van der Waals surface area contributed by atoms with Crippen molar-refractivity contribution in [1.82, 2.24) is 19.9 Å². The zero-order chi connectivity index (χ0) is 13.8. The van der Waals surface area contributed by atoms with Gasteiger partial charge in [0.25, 0.3) is 5.91 Å². The number of thiazole rings is 1. The number of nitrogens with one attached hydrogen (secondary N) is 1. The van der Waals surface area contributed by atoms with Gasteiger partial charge < -0.3 is 15.6 Å². The summed E-state index contributed by atoms with van der Waals surface area (Å²) in [5, 5.41) is 5.33. The first kappa shape index (κ1) is 13.7. The Hall–Kier alpha value is -1.73. The summed E-state index contributed by atoms with van der Waals surface area (Å²) in [6, 6.07) is -0.140. The minimum atomic E-state index is -0.169. The van der Waals surface area contributed by atoms with Gasteiger partial charge in [0, 0.05) is 37.8 Å². The van der Waals surface area contributed by atoms with Gasteiger partial charge in [-0.25, -0.2) is 9.97 Å². The maximum Gasteiger partial charge on any atom is 0.270 e. The van der Waals surface area contributed by atoms with E-state index in [4.69, 9.17) is 5.73 Å². The van der Waals surface area contributed by atoms with E-state index in [1.807, 2.05) is 24.7 Å². The van der Waals surface area contributed by atoms with E-state index < -0.39 is 0 Å². The zero-order valence-electron chi connectivity index (χ0n) is 11.0. The molecule has 0 saturated heterocycles. The smallest absolute Gasteiger partial charge is 0.270 e. The lowest BCUT2D eigenvalue weighted by Gasteiger charge is -2.03. The minimum Gasteiger partial charge on any atom is -0.350 e. The van der Waals surface area contributed by atoms with Crippen molar-refractivity contribution in [3.05, 3.63) is 34.3 Å². The Morgan fingerprint density at radius 2 is 2.42 bits per heavy atom. The zero-order valence-corrected chi connectivity index (χ0v) is 11.8. The second-order valence-corrected chi connectivity index (χ2v) is 5.21. The number of hydrogen-bond acceptors (Lipinski definition) is 5. The van der Waals surface area contributed by atoms with Crippen LogP contribution in [0.3, 0.4) is 0 Å². The van der Waals surface area contributed by atoms with E-state index in [0.29, 0.717) is 18.7 Å².